The van der Waals surface area contributed by atoms with Crippen molar-refractivity contribution in [1.82, 2.24) is 4.98 Å². The third-order valence-electron chi connectivity index (χ3n) is 3.02. The third-order valence-corrected chi connectivity index (χ3v) is 3.88. The third kappa shape index (κ3) is 3.80. The van der Waals surface area contributed by atoms with Gasteiger partial charge in [0, 0.05) is 0 Å². The lowest BCUT2D eigenvalue weighted by Gasteiger charge is -2.07. The maximum absolute atomic E-state index is 11.7. The molecule has 0 atom stereocenters. The lowest BCUT2D eigenvalue weighted by molar-refractivity contribution is -0.147. The number of hydrogen-bond acceptors (Lipinski definition) is 7. The van der Waals surface area contributed by atoms with Gasteiger partial charge in [0.25, 0.3) is 0 Å². The smallest absolute Gasteiger partial charge is 0.344 e. The number of thiophene rings is 1. The van der Waals surface area contributed by atoms with Crippen LogP contribution in [-0.2, 0) is 16.1 Å². The monoisotopic (exact) mass is 340 g/mol. The second-order valence-electron chi connectivity index (χ2n) is 4.68. The van der Waals surface area contributed by atoms with Crippen LogP contribution in [0.25, 0.3) is 10.8 Å². The maximum Gasteiger partial charge on any atom is 0.344 e. The predicted octanol–water partition coefficient (Wildman–Crippen LogP) is 3.40. The van der Waals surface area contributed by atoms with Crippen molar-refractivity contribution in [1.29, 1.82) is 5.26 Å². The second kappa shape index (κ2) is 7.44. The van der Waals surface area contributed by atoms with Gasteiger partial charge in [-0.05, 0) is 23.6 Å². The van der Waals surface area contributed by atoms with Crippen molar-refractivity contribution in [2.24, 2.45) is 0 Å². The van der Waals surface area contributed by atoms with Gasteiger partial charge in [-0.1, -0.05) is 18.2 Å². The largest absolute Gasteiger partial charge is 0.481 e. The molecule has 2 aromatic heterocycles. The average molecular weight is 340 g/mol. The van der Waals surface area contributed by atoms with E-state index < -0.39 is 5.97 Å². The fraction of sp³-hybridized carbons (Fsp3) is 0.118. The van der Waals surface area contributed by atoms with Crippen LogP contribution in [0.5, 0.6) is 5.75 Å². The Bertz CT molecular complexity index is 865. The van der Waals surface area contributed by atoms with Crippen LogP contribution in [0.4, 0.5) is 0 Å². The number of carbonyl (C=O) groups is 1. The van der Waals surface area contributed by atoms with Crippen molar-refractivity contribution in [3.05, 3.63) is 59.3 Å². The standard InChI is InChI=1S/C17H12N2O4S/c18-8-12-4-1-2-5-14(12)21-11-16(20)22-9-13-10-23-17(19-13)15-6-3-7-24-15/h1-7,10H,9,11H2. The molecule has 0 amide bonds. The summed E-state index contributed by atoms with van der Waals surface area (Å²) in [7, 11) is 0. The number of aromatic nitrogens is 1. The first-order valence-electron chi connectivity index (χ1n) is 7.02. The summed E-state index contributed by atoms with van der Waals surface area (Å²) in [4.78, 5) is 16.9. The zero-order valence-electron chi connectivity index (χ0n) is 12.5. The van der Waals surface area contributed by atoms with Gasteiger partial charge in [-0.2, -0.15) is 5.26 Å². The molecule has 0 fully saturated rings. The number of hydrogen-bond donors (Lipinski definition) is 0. The summed E-state index contributed by atoms with van der Waals surface area (Å²) in [5, 5.41) is 10.9. The van der Waals surface area contributed by atoms with E-state index in [1.165, 1.54) is 17.6 Å². The normalized spacial score (nSPS) is 10.1. The van der Waals surface area contributed by atoms with Crippen LogP contribution < -0.4 is 4.74 Å². The van der Waals surface area contributed by atoms with E-state index in [-0.39, 0.29) is 13.2 Å². The minimum absolute atomic E-state index is 0.00301. The highest BCUT2D eigenvalue weighted by atomic mass is 32.1. The van der Waals surface area contributed by atoms with Crippen LogP contribution in [0.15, 0.2) is 52.5 Å². The molecule has 0 spiro atoms. The molecule has 0 bridgehead atoms. The Kier molecular flexibility index (Phi) is 4.89. The van der Waals surface area contributed by atoms with Crippen LogP contribution in [0.1, 0.15) is 11.3 Å². The summed E-state index contributed by atoms with van der Waals surface area (Å²) in [6.45, 7) is -0.286. The number of para-hydroxylation sites is 1. The van der Waals surface area contributed by atoms with Gasteiger partial charge < -0.3 is 13.9 Å². The van der Waals surface area contributed by atoms with E-state index in [0.29, 0.717) is 22.9 Å². The molecule has 7 heteroatoms. The molecule has 120 valence electrons. The maximum atomic E-state index is 11.7. The fourth-order valence-electron chi connectivity index (χ4n) is 1.90. The number of nitriles is 1. The van der Waals surface area contributed by atoms with Crippen molar-refractivity contribution in [3.63, 3.8) is 0 Å². The predicted molar refractivity (Wildman–Crippen MR) is 86.3 cm³/mol. The minimum atomic E-state index is -0.552. The highest BCUT2D eigenvalue weighted by Gasteiger charge is 2.11. The first-order chi connectivity index (χ1) is 11.8. The summed E-state index contributed by atoms with van der Waals surface area (Å²) >= 11 is 1.51. The molecule has 6 nitrogen and oxygen atoms in total. The highest BCUT2D eigenvalue weighted by molar-refractivity contribution is 7.13. The average Bonchev–Trinajstić information content (AvgIpc) is 3.29. The SMILES string of the molecule is N#Cc1ccccc1OCC(=O)OCc1coc(-c2cccs2)n1. The lowest BCUT2D eigenvalue weighted by atomic mass is 10.2. The first-order valence-corrected chi connectivity index (χ1v) is 7.90. The summed E-state index contributed by atoms with van der Waals surface area (Å²) in [6, 6.07) is 12.5. The quantitative estimate of drug-likeness (QED) is 0.639. The molecule has 0 radical (unpaired) electrons. The second-order valence-corrected chi connectivity index (χ2v) is 5.63. The van der Waals surface area contributed by atoms with Gasteiger partial charge in [-0.25, -0.2) is 9.78 Å². The highest BCUT2D eigenvalue weighted by Crippen LogP contribution is 2.23. The molecule has 0 aliphatic carbocycles. The Morgan fingerprint density at radius 1 is 1.29 bits per heavy atom. The number of esters is 1. The van der Waals surface area contributed by atoms with Crippen molar-refractivity contribution in [2.75, 3.05) is 6.61 Å². The van der Waals surface area contributed by atoms with Crippen molar-refractivity contribution >= 4 is 17.3 Å². The molecule has 1 aromatic carbocycles. The Balaban J connectivity index is 1.50. The Labute approximate surface area is 141 Å². The number of rotatable bonds is 6. The number of ether oxygens (including phenoxy) is 2. The zero-order chi connectivity index (χ0) is 16.8. The molecule has 0 aliphatic heterocycles. The van der Waals surface area contributed by atoms with Crippen LogP contribution in [0.3, 0.4) is 0 Å². The molecule has 24 heavy (non-hydrogen) atoms. The van der Waals surface area contributed by atoms with E-state index in [4.69, 9.17) is 19.2 Å². The number of nitrogens with zero attached hydrogens (tertiary/aromatic N) is 2. The summed E-state index contributed by atoms with van der Waals surface area (Å²) in [5.41, 5.74) is 0.881. The Hall–Kier alpha value is -3.11. The van der Waals surface area contributed by atoms with Gasteiger partial charge in [0.1, 0.15) is 30.4 Å². The van der Waals surface area contributed by atoms with Crippen molar-refractivity contribution < 1.29 is 18.7 Å². The zero-order valence-corrected chi connectivity index (χ0v) is 13.3. The van der Waals surface area contributed by atoms with E-state index in [1.54, 1.807) is 24.3 Å². The number of oxazole rings is 1. The van der Waals surface area contributed by atoms with Gasteiger partial charge in [0.15, 0.2) is 6.61 Å². The van der Waals surface area contributed by atoms with Crippen LogP contribution in [-0.4, -0.2) is 17.6 Å². The van der Waals surface area contributed by atoms with Gasteiger partial charge >= 0.3 is 5.97 Å². The van der Waals surface area contributed by atoms with Crippen molar-refractivity contribution in [3.8, 4) is 22.6 Å². The molecular weight excluding hydrogens is 328 g/mol. The van der Waals surface area contributed by atoms with Crippen LogP contribution >= 0.6 is 11.3 Å². The molecule has 0 aliphatic rings. The van der Waals surface area contributed by atoms with E-state index >= 15 is 0 Å². The Morgan fingerprint density at radius 3 is 2.96 bits per heavy atom. The molecule has 3 aromatic rings. The minimum Gasteiger partial charge on any atom is -0.481 e. The summed E-state index contributed by atoms with van der Waals surface area (Å²) in [5.74, 6) is 0.289. The van der Waals surface area contributed by atoms with E-state index in [9.17, 15) is 4.79 Å². The molecule has 0 unspecified atom stereocenters. The molecule has 0 N–H and O–H groups in total. The number of carbonyl (C=O) groups excluding carboxylic acids is 1. The summed E-state index contributed by atoms with van der Waals surface area (Å²) < 4.78 is 15.7. The molecule has 2 heterocycles. The topological polar surface area (TPSA) is 85.3 Å². The lowest BCUT2D eigenvalue weighted by Crippen LogP contribution is -2.15. The molecular formula is C17H12N2O4S. The van der Waals surface area contributed by atoms with Gasteiger partial charge in [0.2, 0.25) is 5.89 Å². The van der Waals surface area contributed by atoms with E-state index in [2.05, 4.69) is 4.98 Å². The number of benzene rings is 1. The summed E-state index contributed by atoms with van der Waals surface area (Å²) in [6.07, 6.45) is 1.45. The van der Waals surface area contributed by atoms with Crippen LogP contribution in [0, 0.1) is 11.3 Å². The van der Waals surface area contributed by atoms with Crippen LogP contribution in [0.2, 0.25) is 0 Å². The van der Waals surface area contributed by atoms with E-state index in [1.807, 2.05) is 23.6 Å². The molecule has 0 saturated heterocycles. The van der Waals surface area contributed by atoms with Crippen molar-refractivity contribution in [2.45, 2.75) is 6.61 Å². The van der Waals surface area contributed by atoms with Gasteiger partial charge in [-0.15, -0.1) is 11.3 Å². The molecule has 0 saturated carbocycles. The molecule has 3 rings (SSSR count). The fourth-order valence-corrected chi connectivity index (χ4v) is 2.56. The van der Waals surface area contributed by atoms with E-state index in [0.717, 1.165) is 4.88 Å². The first kappa shape index (κ1) is 15.8. The van der Waals surface area contributed by atoms with Gasteiger partial charge in [-0.3, -0.25) is 0 Å². The Morgan fingerprint density at radius 2 is 2.17 bits per heavy atom. The van der Waals surface area contributed by atoms with Gasteiger partial charge in [0.05, 0.1) is 10.4 Å².